The zero-order chi connectivity index (χ0) is 7.31. The summed E-state index contributed by atoms with van der Waals surface area (Å²) in [5, 5.41) is 3.45. The summed E-state index contributed by atoms with van der Waals surface area (Å²) in [7, 11) is 0. The summed E-state index contributed by atoms with van der Waals surface area (Å²) >= 11 is 0. The Balaban J connectivity index is 1.91. The average Bonchev–Trinajstić information content (AvgIpc) is 2.57. The van der Waals surface area contributed by atoms with Crippen LogP contribution in [-0.4, -0.2) is 24.8 Å². The van der Waals surface area contributed by atoms with Crippen LogP contribution < -0.4 is 5.32 Å². The molecule has 3 rings (SSSR count). The van der Waals surface area contributed by atoms with Gasteiger partial charge < -0.3 is 10.1 Å². The van der Waals surface area contributed by atoms with Crippen molar-refractivity contribution < 1.29 is 4.74 Å². The van der Waals surface area contributed by atoms with Gasteiger partial charge >= 0.3 is 0 Å². The first-order valence-electron chi connectivity index (χ1n) is 4.78. The van der Waals surface area contributed by atoms with Gasteiger partial charge in [0.05, 0.1) is 11.7 Å². The highest BCUT2D eigenvalue weighted by molar-refractivity contribution is 5.05. The first-order valence-corrected chi connectivity index (χ1v) is 4.78. The molecule has 0 aromatic heterocycles. The van der Waals surface area contributed by atoms with E-state index in [1.54, 1.807) is 0 Å². The summed E-state index contributed by atoms with van der Waals surface area (Å²) in [6, 6.07) is 0. The summed E-state index contributed by atoms with van der Waals surface area (Å²) in [6.07, 6.45) is 5.95. The molecular formula is C9H15NO. The van der Waals surface area contributed by atoms with Gasteiger partial charge in [-0.1, -0.05) is 0 Å². The van der Waals surface area contributed by atoms with Gasteiger partial charge in [-0.2, -0.15) is 0 Å². The van der Waals surface area contributed by atoms with Crippen molar-refractivity contribution in [2.75, 3.05) is 13.1 Å². The van der Waals surface area contributed by atoms with Crippen LogP contribution in [0.25, 0.3) is 0 Å². The lowest BCUT2D eigenvalue weighted by Gasteiger charge is -2.37. The van der Waals surface area contributed by atoms with Crippen molar-refractivity contribution in [1.82, 2.24) is 5.32 Å². The van der Waals surface area contributed by atoms with Crippen LogP contribution in [0.2, 0.25) is 0 Å². The summed E-state index contributed by atoms with van der Waals surface area (Å²) in [5.41, 5.74) is 0.295. The molecule has 3 unspecified atom stereocenters. The van der Waals surface area contributed by atoms with Crippen LogP contribution in [0.5, 0.6) is 0 Å². The standard InChI is InChI=1S/C9H15NO/c1-3-9-6-10-4-2-7(9)5-8(1)11-9/h7-8,10H,1-6H2. The van der Waals surface area contributed by atoms with Crippen molar-refractivity contribution in [2.45, 2.75) is 37.4 Å². The predicted octanol–water partition coefficient (Wildman–Crippen LogP) is 0.917. The second-order valence-electron chi connectivity index (χ2n) is 4.24. The molecule has 3 atom stereocenters. The molecule has 0 saturated carbocycles. The quantitative estimate of drug-likeness (QED) is 0.558. The Kier molecular flexibility index (Phi) is 1.16. The van der Waals surface area contributed by atoms with Crippen molar-refractivity contribution in [3.63, 3.8) is 0 Å². The fourth-order valence-corrected chi connectivity index (χ4v) is 3.09. The molecule has 1 spiro atoms. The lowest BCUT2D eigenvalue weighted by atomic mass is 9.75. The van der Waals surface area contributed by atoms with Crippen molar-refractivity contribution in [1.29, 1.82) is 0 Å². The summed E-state index contributed by atoms with van der Waals surface area (Å²) in [5.74, 6) is 0.891. The van der Waals surface area contributed by atoms with Crippen LogP contribution >= 0.6 is 0 Å². The summed E-state index contributed by atoms with van der Waals surface area (Å²) in [6.45, 7) is 2.33. The third-order valence-corrected chi connectivity index (χ3v) is 3.68. The third kappa shape index (κ3) is 0.744. The number of rotatable bonds is 0. The molecule has 1 N–H and O–H groups in total. The normalized spacial score (nSPS) is 54.5. The monoisotopic (exact) mass is 153 g/mol. The molecule has 11 heavy (non-hydrogen) atoms. The van der Waals surface area contributed by atoms with Gasteiger partial charge in [0.25, 0.3) is 0 Å². The average molecular weight is 153 g/mol. The molecule has 0 aromatic rings. The largest absolute Gasteiger partial charge is 0.370 e. The number of hydrogen-bond donors (Lipinski definition) is 1. The minimum atomic E-state index is 0.295. The molecule has 3 saturated heterocycles. The zero-order valence-electron chi connectivity index (χ0n) is 6.81. The van der Waals surface area contributed by atoms with E-state index in [0.717, 1.165) is 12.5 Å². The lowest BCUT2D eigenvalue weighted by molar-refractivity contribution is -0.0198. The molecule has 0 aromatic carbocycles. The Hall–Kier alpha value is -0.0800. The Morgan fingerprint density at radius 2 is 2.36 bits per heavy atom. The SMILES string of the molecule is C1CC2CC3CCC2(CN1)O3. The molecular weight excluding hydrogens is 138 g/mol. The maximum absolute atomic E-state index is 6.00. The van der Waals surface area contributed by atoms with Crippen molar-refractivity contribution in [3.8, 4) is 0 Å². The highest BCUT2D eigenvalue weighted by atomic mass is 16.5. The first kappa shape index (κ1) is 6.44. The lowest BCUT2D eigenvalue weighted by Crippen LogP contribution is -2.49. The molecule has 3 heterocycles. The summed E-state index contributed by atoms with van der Waals surface area (Å²) in [4.78, 5) is 0. The minimum absolute atomic E-state index is 0.295. The van der Waals surface area contributed by atoms with Gasteiger partial charge in [-0.3, -0.25) is 0 Å². The van der Waals surface area contributed by atoms with E-state index in [1.807, 2.05) is 0 Å². The molecule has 0 radical (unpaired) electrons. The van der Waals surface area contributed by atoms with Gasteiger partial charge in [0.15, 0.2) is 0 Å². The fraction of sp³-hybridized carbons (Fsp3) is 1.00. The van der Waals surface area contributed by atoms with Crippen LogP contribution in [0, 0.1) is 5.92 Å². The highest BCUT2D eigenvalue weighted by Gasteiger charge is 2.53. The number of piperidine rings is 1. The smallest absolute Gasteiger partial charge is 0.0840 e. The molecule has 3 fully saturated rings. The Morgan fingerprint density at radius 3 is 3.18 bits per heavy atom. The van der Waals surface area contributed by atoms with Gasteiger partial charge in [0.1, 0.15) is 0 Å². The zero-order valence-corrected chi connectivity index (χ0v) is 6.81. The van der Waals surface area contributed by atoms with Gasteiger partial charge in [-0.25, -0.2) is 0 Å². The molecule has 62 valence electrons. The van der Waals surface area contributed by atoms with Gasteiger partial charge in [0, 0.05) is 6.54 Å². The first-order chi connectivity index (χ1) is 5.39. The minimum Gasteiger partial charge on any atom is -0.370 e. The number of nitrogens with one attached hydrogen (secondary N) is 1. The topological polar surface area (TPSA) is 21.3 Å². The van der Waals surface area contributed by atoms with E-state index in [4.69, 9.17) is 4.74 Å². The van der Waals surface area contributed by atoms with Crippen molar-refractivity contribution in [3.05, 3.63) is 0 Å². The highest BCUT2D eigenvalue weighted by Crippen LogP contribution is 2.49. The van der Waals surface area contributed by atoms with Gasteiger partial charge in [-0.15, -0.1) is 0 Å². The Labute approximate surface area is 67.3 Å². The summed E-state index contributed by atoms with van der Waals surface area (Å²) < 4.78 is 6.00. The maximum Gasteiger partial charge on any atom is 0.0840 e. The Morgan fingerprint density at radius 1 is 1.36 bits per heavy atom. The van der Waals surface area contributed by atoms with E-state index in [1.165, 1.54) is 32.2 Å². The van der Waals surface area contributed by atoms with E-state index in [0.29, 0.717) is 11.7 Å². The van der Waals surface area contributed by atoms with Crippen LogP contribution in [0.3, 0.4) is 0 Å². The third-order valence-electron chi connectivity index (χ3n) is 3.68. The Bertz CT molecular complexity index is 182. The van der Waals surface area contributed by atoms with E-state index >= 15 is 0 Å². The van der Waals surface area contributed by atoms with Crippen LogP contribution in [0.4, 0.5) is 0 Å². The molecule has 2 bridgehead atoms. The number of fused-ring (bicyclic) bond motifs is 1. The molecule has 0 aliphatic carbocycles. The molecule has 0 amide bonds. The van der Waals surface area contributed by atoms with Gasteiger partial charge in [0.2, 0.25) is 0 Å². The number of hydrogen-bond acceptors (Lipinski definition) is 2. The van der Waals surface area contributed by atoms with Crippen molar-refractivity contribution in [2.24, 2.45) is 5.92 Å². The maximum atomic E-state index is 6.00. The second-order valence-corrected chi connectivity index (χ2v) is 4.24. The van der Waals surface area contributed by atoms with Crippen LogP contribution in [0.15, 0.2) is 0 Å². The van der Waals surface area contributed by atoms with Crippen LogP contribution in [0.1, 0.15) is 25.7 Å². The van der Waals surface area contributed by atoms with E-state index < -0.39 is 0 Å². The molecule has 3 aliphatic rings. The van der Waals surface area contributed by atoms with E-state index in [-0.39, 0.29) is 0 Å². The molecule has 2 nitrogen and oxygen atoms in total. The van der Waals surface area contributed by atoms with E-state index in [9.17, 15) is 0 Å². The number of ether oxygens (including phenoxy) is 1. The molecule has 2 heteroatoms. The predicted molar refractivity (Wildman–Crippen MR) is 42.4 cm³/mol. The van der Waals surface area contributed by atoms with Crippen LogP contribution in [-0.2, 0) is 4.74 Å². The van der Waals surface area contributed by atoms with Crippen molar-refractivity contribution >= 4 is 0 Å². The molecule has 3 aliphatic heterocycles. The van der Waals surface area contributed by atoms with E-state index in [2.05, 4.69) is 5.32 Å². The second kappa shape index (κ2) is 1.99. The fourth-order valence-electron chi connectivity index (χ4n) is 3.09. The van der Waals surface area contributed by atoms with Gasteiger partial charge in [-0.05, 0) is 38.1 Å².